The van der Waals surface area contributed by atoms with Gasteiger partial charge < -0.3 is 0 Å². The Morgan fingerprint density at radius 3 is 2.35 bits per heavy atom. The van der Waals surface area contributed by atoms with Gasteiger partial charge >= 0.3 is 0 Å². The first kappa shape index (κ1) is 12.0. The van der Waals surface area contributed by atoms with Crippen molar-refractivity contribution in [1.29, 1.82) is 0 Å². The smallest absolute Gasteiger partial charge is 0.175 e. The summed E-state index contributed by atoms with van der Waals surface area (Å²) in [4.78, 5) is 7.97. The van der Waals surface area contributed by atoms with Crippen LogP contribution in [-0.4, -0.2) is 24.6 Å². The van der Waals surface area contributed by atoms with Crippen molar-refractivity contribution in [3.8, 4) is 11.1 Å². The van der Waals surface area contributed by atoms with E-state index in [0.717, 1.165) is 11.8 Å². The fraction of sp³-hybridized carbons (Fsp3) is 0.0909. The van der Waals surface area contributed by atoms with Crippen molar-refractivity contribution in [1.82, 2.24) is 9.97 Å². The Morgan fingerprint density at radius 2 is 1.82 bits per heavy atom. The van der Waals surface area contributed by atoms with E-state index in [-0.39, 0.29) is 4.90 Å². The number of hydrogen-bond donors (Lipinski definition) is 0. The van der Waals surface area contributed by atoms with Crippen molar-refractivity contribution in [3.05, 3.63) is 41.9 Å². The minimum Gasteiger partial charge on any atom is -0.244 e. The highest BCUT2D eigenvalue weighted by Gasteiger charge is 2.11. The van der Waals surface area contributed by atoms with Crippen molar-refractivity contribution in [2.45, 2.75) is 4.90 Å². The molecule has 17 heavy (non-hydrogen) atoms. The lowest BCUT2D eigenvalue weighted by Gasteiger charge is -2.05. The van der Waals surface area contributed by atoms with Gasteiger partial charge in [-0.05, 0) is 12.1 Å². The number of sulfone groups is 1. The van der Waals surface area contributed by atoms with Gasteiger partial charge in [-0.25, -0.2) is 18.4 Å². The standard InChI is InChI=1S/C11H9ClN2O2S/c1-17(15,16)9-2-3-10(11(12)4-9)8-5-13-7-14-6-8/h2-7H,1H3. The van der Waals surface area contributed by atoms with E-state index in [1.54, 1.807) is 18.5 Å². The Bertz CT molecular complexity index is 642. The lowest BCUT2D eigenvalue weighted by Crippen LogP contribution is -1.97. The molecule has 0 aliphatic carbocycles. The molecule has 0 unspecified atom stereocenters. The van der Waals surface area contributed by atoms with Crippen LogP contribution in [0.15, 0.2) is 41.8 Å². The van der Waals surface area contributed by atoms with Crippen LogP contribution >= 0.6 is 11.6 Å². The summed E-state index contributed by atoms with van der Waals surface area (Å²) in [5.41, 5.74) is 1.46. The predicted octanol–water partition coefficient (Wildman–Crippen LogP) is 2.20. The largest absolute Gasteiger partial charge is 0.244 e. The lowest BCUT2D eigenvalue weighted by molar-refractivity contribution is 0.602. The van der Waals surface area contributed by atoms with Crippen molar-refractivity contribution in [2.24, 2.45) is 0 Å². The molecule has 88 valence electrons. The Kier molecular flexibility index (Phi) is 3.13. The van der Waals surface area contributed by atoms with Crippen LogP contribution < -0.4 is 0 Å². The normalized spacial score (nSPS) is 11.4. The van der Waals surface area contributed by atoms with Gasteiger partial charge in [0.05, 0.1) is 4.90 Å². The number of benzene rings is 1. The molecular formula is C11H9ClN2O2S. The molecule has 0 bridgehead atoms. The molecular weight excluding hydrogens is 260 g/mol. The molecule has 0 aliphatic rings. The van der Waals surface area contributed by atoms with Crippen LogP contribution in [0.3, 0.4) is 0 Å². The number of nitrogens with zero attached hydrogens (tertiary/aromatic N) is 2. The molecule has 0 saturated heterocycles. The van der Waals surface area contributed by atoms with Crippen molar-refractivity contribution >= 4 is 21.4 Å². The highest BCUT2D eigenvalue weighted by atomic mass is 35.5. The van der Waals surface area contributed by atoms with Gasteiger partial charge in [-0.3, -0.25) is 0 Å². The minimum absolute atomic E-state index is 0.197. The number of hydrogen-bond acceptors (Lipinski definition) is 4. The fourth-order valence-corrected chi connectivity index (χ4v) is 2.40. The molecule has 0 atom stereocenters. The Hall–Kier alpha value is -1.46. The highest BCUT2D eigenvalue weighted by molar-refractivity contribution is 7.90. The zero-order valence-electron chi connectivity index (χ0n) is 8.96. The average molecular weight is 269 g/mol. The number of rotatable bonds is 2. The van der Waals surface area contributed by atoms with Gasteiger partial charge in [0.15, 0.2) is 9.84 Å². The molecule has 0 spiro atoms. The summed E-state index contributed by atoms with van der Waals surface area (Å²) in [6.07, 6.45) is 5.80. The van der Waals surface area contributed by atoms with E-state index in [4.69, 9.17) is 11.6 Å². The van der Waals surface area contributed by atoms with Gasteiger partial charge in [-0.2, -0.15) is 0 Å². The second-order valence-corrected chi connectivity index (χ2v) is 5.96. The van der Waals surface area contributed by atoms with E-state index in [2.05, 4.69) is 9.97 Å². The zero-order chi connectivity index (χ0) is 12.5. The maximum absolute atomic E-state index is 11.3. The summed E-state index contributed by atoms with van der Waals surface area (Å²) in [5, 5.41) is 0.364. The Labute approximate surface area is 104 Å². The summed E-state index contributed by atoms with van der Waals surface area (Å²) in [6.45, 7) is 0. The van der Waals surface area contributed by atoms with Gasteiger partial charge in [-0.15, -0.1) is 0 Å². The molecule has 0 amide bonds. The zero-order valence-corrected chi connectivity index (χ0v) is 10.5. The second-order valence-electron chi connectivity index (χ2n) is 3.54. The topological polar surface area (TPSA) is 59.9 Å². The Balaban J connectivity index is 2.54. The van der Waals surface area contributed by atoms with Crippen LogP contribution in [0.5, 0.6) is 0 Å². The van der Waals surface area contributed by atoms with Gasteiger partial charge in [0.1, 0.15) is 6.33 Å². The first-order chi connectivity index (χ1) is 7.98. The third-order valence-electron chi connectivity index (χ3n) is 2.24. The molecule has 1 aromatic carbocycles. The van der Waals surface area contributed by atoms with E-state index in [1.165, 1.54) is 18.5 Å². The molecule has 0 saturated carbocycles. The summed E-state index contributed by atoms with van der Waals surface area (Å²) >= 11 is 6.05. The summed E-state index contributed by atoms with van der Waals surface area (Å²) in [7, 11) is -3.24. The van der Waals surface area contributed by atoms with Gasteiger partial charge in [0.25, 0.3) is 0 Å². The van der Waals surface area contributed by atoms with Crippen molar-refractivity contribution in [2.75, 3.05) is 6.26 Å². The predicted molar refractivity (Wildman–Crippen MR) is 65.6 cm³/mol. The van der Waals surface area contributed by atoms with Gasteiger partial charge in [-0.1, -0.05) is 17.7 Å². The van der Waals surface area contributed by atoms with Crippen LogP contribution in [0.25, 0.3) is 11.1 Å². The van der Waals surface area contributed by atoms with Crippen LogP contribution in [0.2, 0.25) is 5.02 Å². The molecule has 0 N–H and O–H groups in total. The van der Waals surface area contributed by atoms with Crippen molar-refractivity contribution in [3.63, 3.8) is 0 Å². The minimum atomic E-state index is -3.24. The molecule has 1 heterocycles. The second kappa shape index (κ2) is 4.43. The van der Waals surface area contributed by atoms with E-state index >= 15 is 0 Å². The first-order valence-electron chi connectivity index (χ1n) is 4.73. The molecule has 0 fully saturated rings. The SMILES string of the molecule is CS(=O)(=O)c1ccc(-c2cncnc2)c(Cl)c1. The molecule has 2 aromatic rings. The molecule has 6 heteroatoms. The highest BCUT2D eigenvalue weighted by Crippen LogP contribution is 2.28. The third kappa shape index (κ3) is 2.62. The van der Waals surface area contributed by atoms with Crippen LogP contribution in [-0.2, 0) is 9.84 Å². The molecule has 2 rings (SSSR count). The average Bonchev–Trinajstić information content (AvgIpc) is 2.29. The quantitative estimate of drug-likeness (QED) is 0.838. The number of halogens is 1. The van der Waals surface area contributed by atoms with Crippen LogP contribution in [0.1, 0.15) is 0 Å². The summed E-state index contributed by atoms with van der Waals surface area (Å²) in [6, 6.07) is 4.60. The summed E-state index contributed by atoms with van der Waals surface area (Å²) < 4.78 is 22.7. The molecule has 4 nitrogen and oxygen atoms in total. The van der Waals surface area contributed by atoms with E-state index < -0.39 is 9.84 Å². The Morgan fingerprint density at radius 1 is 1.18 bits per heavy atom. The number of aromatic nitrogens is 2. The molecule has 1 aromatic heterocycles. The summed E-state index contributed by atoms with van der Waals surface area (Å²) in [5.74, 6) is 0. The van der Waals surface area contributed by atoms with Crippen LogP contribution in [0, 0.1) is 0 Å². The maximum Gasteiger partial charge on any atom is 0.175 e. The fourth-order valence-electron chi connectivity index (χ4n) is 1.40. The maximum atomic E-state index is 11.3. The monoisotopic (exact) mass is 268 g/mol. The third-order valence-corrected chi connectivity index (χ3v) is 3.66. The van der Waals surface area contributed by atoms with E-state index in [9.17, 15) is 8.42 Å². The lowest BCUT2D eigenvalue weighted by atomic mass is 10.1. The van der Waals surface area contributed by atoms with Gasteiger partial charge in [0.2, 0.25) is 0 Å². The molecule has 0 radical (unpaired) electrons. The molecule has 0 aliphatic heterocycles. The van der Waals surface area contributed by atoms with Crippen LogP contribution in [0.4, 0.5) is 0 Å². The van der Waals surface area contributed by atoms with E-state index in [0.29, 0.717) is 10.6 Å². The van der Waals surface area contributed by atoms with E-state index in [1.807, 2.05) is 0 Å². The van der Waals surface area contributed by atoms with Gasteiger partial charge in [0, 0.05) is 34.8 Å². The first-order valence-corrected chi connectivity index (χ1v) is 7.00. The van der Waals surface area contributed by atoms with Crippen molar-refractivity contribution < 1.29 is 8.42 Å².